The minimum absolute atomic E-state index is 0.188. The maximum Gasteiger partial charge on any atom is 0.284 e. The number of carbonyl (C=O) groups is 2. The SMILES string of the molecule is CCN1CC2(CCCN(Cc3cc(C(N)=O)oc3C(C)(C)C)C2)CCC1=O. The third-order valence-electron chi connectivity index (χ3n) is 6.00. The number of nitrogens with two attached hydrogens (primary N) is 1. The van der Waals surface area contributed by atoms with E-state index in [1.54, 1.807) is 0 Å². The van der Waals surface area contributed by atoms with Gasteiger partial charge in [-0.25, -0.2) is 0 Å². The Bertz CT molecular complexity index is 719. The summed E-state index contributed by atoms with van der Waals surface area (Å²) < 4.78 is 5.81. The second kappa shape index (κ2) is 7.30. The predicted molar refractivity (Wildman–Crippen MR) is 104 cm³/mol. The summed E-state index contributed by atoms with van der Waals surface area (Å²) in [5, 5.41) is 0. The molecule has 3 rings (SSSR count). The lowest BCUT2D eigenvalue weighted by atomic mass is 9.73. The number of amides is 2. The molecular weight excluding hydrogens is 342 g/mol. The first-order valence-electron chi connectivity index (χ1n) is 10.1. The number of primary amides is 1. The van der Waals surface area contributed by atoms with E-state index in [0.717, 1.165) is 56.9 Å². The van der Waals surface area contributed by atoms with Gasteiger partial charge in [-0.2, -0.15) is 0 Å². The number of hydrogen-bond acceptors (Lipinski definition) is 4. The fourth-order valence-corrected chi connectivity index (χ4v) is 4.71. The van der Waals surface area contributed by atoms with Crippen LogP contribution in [0.2, 0.25) is 0 Å². The van der Waals surface area contributed by atoms with Crippen LogP contribution in [0, 0.1) is 5.41 Å². The largest absolute Gasteiger partial charge is 0.455 e. The van der Waals surface area contributed by atoms with E-state index >= 15 is 0 Å². The molecule has 1 aromatic heterocycles. The highest BCUT2D eigenvalue weighted by molar-refractivity contribution is 5.90. The summed E-state index contributed by atoms with van der Waals surface area (Å²) in [6, 6.07) is 1.81. The number of nitrogens with zero attached hydrogens (tertiary/aromatic N) is 2. The number of rotatable bonds is 4. The van der Waals surface area contributed by atoms with E-state index in [2.05, 4.69) is 32.6 Å². The van der Waals surface area contributed by atoms with Crippen LogP contribution in [-0.2, 0) is 16.8 Å². The number of hydrogen-bond donors (Lipinski definition) is 1. The van der Waals surface area contributed by atoms with Crippen LogP contribution in [-0.4, -0.2) is 47.8 Å². The van der Waals surface area contributed by atoms with Gasteiger partial charge in [0.25, 0.3) is 5.91 Å². The van der Waals surface area contributed by atoms with Crippen molar-refractivity contribution in [1.82, 2.24) is 9.80 Å². The summed E-state index contributed by atoms with van der Waals surface area (Å²) in [5.74, 6) is 0.842. The van der Waals surface area contributed by atoms with Crippen molar-refractivity contribution in [3.8, 4) is 0 Å². The summed E-state index contributed by atoms with van der Waals surface area (Å²) in [5.41, 5.74) is 6.50. The van der Waals surface area contributed by atoms with E-state index in [4.69, 9.17) is 10.2 Å². The summed E-state index contributed by atoms with van der Waals surface area (Å²) in [6.45, 7) is 12.7. The topological polar surface area (TPSA) is 79.8 Å². The zero-order valence-corrected chi connectivity index (χ0v) is 17.1. The van der Waals surface area contributed by atoms with E-state index in [0.29, 0.717) is 6.42 Å². The molecule has 0 radical (unpaired) electrons. The molecule has 2 aliphatic heterocycles. The van der Waals surface area contributed by atoms with E-state index in [-0.39, 0.29) is 22.5 Å². The summed E-state index contributed by atoms with van der Waals surface area (Å²) in [4.78, 5) is 28.2. The van der Waals surface area contributed by atoms with Crippen LogP contribution in [0.15, 0.2) is 10.5 Å². The molecule has 1 aromatic rings. The third-order valence-corrected chi connectivity index (χ3v) is 6.00. The Morgan fingerprint density at radius 3 is 2.67 bits per heavy atom. The normalized spacial score (nSPS) is 24.6. The standard InChI is InChI=1S/C21H33N3O3/c1-5-24-14-21(9-7-17(24)25)8-6-10-23(13-21)12-15-11-16(19(22)26)27-18(15)20(2,3)4/h11H,5-10,12-14H2,1-4H3,(H2,22,26). The quantitative estimate of drug-likeness (QED) is 0.877. The predicted octanol–water partition coefficient (Wildman–Crippen LogP) is 2.90. The molecule has 1 spiro atoms. The van der Waals surface area contributed by atoms with E-state index in [1.165, 1.54) is 6.42 Å². The van der Waals surface area contributed by atoms with E-state index < -0.39 is 5.91 Å². The lowest BCUT2D eigenvalue weighted by Crippen LogP contribution is -2.53. The molecule has 0 aromatic carbocycles. The van der Waals surface area contributed by atoms with Crippen molar-refractivity contribution in [3.63, 3.8) is 0 Å². The molecule has 0 bridgehead atoms. The number of likely N-dealkylation sites (tertiary alicyclic amines) is 2. The fourth-order valence-electron chi connectivity index (χ4n) is 4.71. The van der Waals surface area contributed by atoms with Crippen molar-refractivity contribution in [2.75, 3.05) is 26.2 Å². The van der Waals surface area contributed by atoms with Crippen molar-refractivity contribution < 1.29 is 14.0 Å². The van der Waals surface area contributed by atoms with Gasteiger partial charge in [-0.15, -0.1) is 0 Å². The van der Waals surface area contributed by atoms with Crippen LogP contribution in [0.3, 0.4) is 0 Å². The Morgan fingerprint density at radius 1 is 1.30 bits per heavy atom. The van der Waals surface area contributed by atoms with Gasteiger partial charge in [0.2, 0.25) is 5.91 Å². The van der Waals surface area contributed by atoms with Crippen molar-refractivity contribution in [2.45, 2.75) is 65.3 Å². The van der Waals surface area contributed by atoms with Gasteiger partial charge in [0, 0.05) is 49.0 Å². The minimum Gasteiger partial charge on any atom is -0.455 e. The third kappa shape index (κ3) is 4.21. The lowest BCUT2D eigenvalue weighted by molar-refractivity contribution is -0.139. The maximum atomic E-state index is 12.1. The summed E-state index contributed by atoms with van der Waals surface area (Å²) in [7, 11) is 0. The molecular formula is C21H33N3O3. The molecule has 2 amide bonds. The van der Waals surface area contributed by atoms with Crippen molar-refractivity contribution in [3.05, 3.63) is 23.2 Å². The first kappa shape index (κ1) is 19.9. The Labute approximate surface area is 162 Å². The first-order valence-corrected chi connectivity index (χ1v) is 10.1. The van der Waals surface area contributed by atoms with Gasteiger partial charge >= 0.3 is 0 Å². The highest BCUT2D eigenvalue weighted by Gasteiger charge is 2.41. The van der Waals surface area contributed by atoms with Crippen molar-refractivity contribution in [1.29, 1.82) is 0 Å². The summed E-state index contributed by atoms with van der Waals surface area (Å²) >= 11 is 0. The van der Waals surface area contributed by atoms with Crippen LogP contribution in [0.25, 0.3) is 0 Å². The second-order valence-electron chi connectivity index (χ2n) is 9.30. The van der Waals surface area contributed by atoms with E-state index in [9.17, 15) is 9.59 Å². The van der Waals surface area contributed by atoms with Crippen molar-refractivity contribution >= 4 is 11.8 Å². The fraction of sp³-hybridized carbons (Fsp3) is 0.714. The Kier molecular flexibility index (Phi) is 5.39. The Balaban J connectivity index is 1.78. The Morgan fingerprint density at radius 2 is 2.04 bits per heavy atom. The van der Waals surface area contributed by atoms with Crippen LogP contribution in [0.1, 0.15) is 75.3 Å². The van der Waals surface area contributed by atoms with Gasteiger partial charge in [-0.05, 0) is 38.8 Å². The molecule has 2 fully saturated rings. The molecule has 0 saturated carbocycles. The average molecular weight is 376 g/mol. The lowest BCUT2D eigenvalue weighted by Gasteiger charge is -2.48. The van der Waals surface area contributed by atoms with Gasteiger partial charge in [-0.1, -0.05) is 20.8 Å². The molecule has 0 aliphatic carbocycles. The van der Waals surface area contributed by atoms with E-state index in [1.807, 2.05) is 11.0 Å². The zero-order chi connectivity index (χ0) is 19.8. The molecule has 150 valence electrons. The summed E-state index contributed by atoms with van der Waals surface area (Å²) in [6.07, 6.45) is 3.95. The van der Waals surface area contributed by atoms with Gasteiger partial charge in [0.1, 0.15) is 5.76 Å². The first-order chi connectivity index (χ1) is 12.6. The van der Waals surface area contributed by atoms with Gasteiger partial charge < -0.3 is 15.1 Å². The van der Waals surface area contributed by atoms with Crippen LogP contribution in [0.5, 0.6) is 0 Å². The highest BCUT2D eigenvalue weighted by atomic mass is 16.4. The van der Waals surface area contributed by atoms with Gasteiger partial charge in [0.15, 0.2) is 5.76 Å². The molecule has 1 unspecified atom stereocenters. The molecule has 6 heteroatoms. The monoisotopic (exact) mass is 375 g/mol. The zero-order valence-electron chi connectivity index (χ0n) is 17.1. The molecule has 1 atom stereocenters. The number of furan rings is 1. The molecule has 6 nitrogen and oxygen atoms in total. The van der Waals surface area contributed by atoms with Gasteiger partial charge in [-0.3, -0.25) is 14.5 Å². The molecule has 27 heavy (non-hydrogen) atoms. The van der Waals surface area contributed by atoms with Crippen LogP contribution >= 0.6 is 0 Å². The Hall–Kier alpha value is -1.82. The highest BCUT2D eigenvalue weighted by Crippen LogP contribution is 2.40. The number of carbonyl (C=O) groups excluding carboxylic acids is 2. The average Bonchev–Trinajstić information content (AvgIpc) is 3.02. The molecule has 2 N–H and O–H groups in total. The number of piperidine rings is 2. The van der Waals surface area contributed by atoms with Crippen LogP contribution < -0.4 is 5.73 Å². The molecule has 3 heterocycles. The second-order valence-corrected chi connectivity index (χ2v) is 9.30. The van der Waals surface area contributed by atoms with Crippen LogP contribution in [0.4, 0.5) is 0 Å². The molecule has 2 aliphatic rings. The van der Waals surface area contributed by atoms with Crippen molar-refractivity contribution in [2.24, 2.45) is 11.1 Å². The minimum atomic E-state index is -0.522. The maximum absolute atomic E-state index is 12.1. The molecule has 2 saturated heterocycles. The van der Waals surface area contributed by atoms with Gasteiger partial charge in [0.05, 0.1) is 0 Å². The smallest absolute Gasteiger partial charge is 0.284 e.